The minimum absolute atomic E-state index is 0.311. The first kappa shape index (κ1) is 15.8. The van der Waals surface area contributed by atoms with Crippen LogP contribution < -0.4 is 0 Å². The number of amides is 1. The zero-order valence-electron chi connectivity index (χ0n) is 13.5. The second-order valence-electron chi connectivity index (χ2n) is 6.97. The Morgan fingerprint density at radius 3 is 2.60 bits per heavy atom. The van der Waals surface area contributed by atoms with Gasteiger partial charge in [0.1, 0.15) is 0 Å². The Morgan fingerprint density at radius 2 is 1.95 bits per heavy atom. The lowest BCUT2D eigenvalue weighted by Crippen LogP contribution is -2.43. The summed E-state index contributed by atoms with van der Waals surface area (Å²) in [5, 5.41) is 0. The van der Waals surface area contributed by atoms with Crippen molar-refractivity contribution in [2.45, 2.75) is 32.6 Å². The molecule has 2 rings (SSSR count). The van der Waals surface area contributed by atoms with Crippen LogP contribution in [0.15, 0.2) is 0 Å². The zero-order valence-corrected chi connectivity index (χ0v) is 13.5. The van der Waals surface area contributed by atoms with Gasteiger partial charge in [-0.25, -0.2) is 0 Å². The van der Waals surface area contributed by atoms with E-state index in [0.29, 0.717) is 11.8 Å². The fourth-order valence-corrected chi connectivity index (χ4v) is 3.38. The van der Waals surface area contributed by atoms with E-state index >= 15 is 0 Å². The summed E-state index contributed by atoms with van der Waals surface area (Å²) >= 11 is 0. The van der Waals surface area contributed by atoms with Crippen molar-refractivity contribution < 1.29 is 4.79 Å². The largest absolute Gasteiger partial charge is 0.345 e. The van der Waals surface area contributed by atoms with Crippen molar-refractivity contribution in [3.05, 3.63) is 0 Å². The summed E-state index contributed by atoms with van der Waals surface area (Å²) in [6.45, 7) is 9.33. The number of piperidine rings is 2. The van der Waals surface area contributed by atoms with Crippen LogP contribution >= 0.6 is 0 Å². The summed E-state index contributed by atoms with van der Waals surface area (Å²) in [5.74, 6) is 1.88. The van der Waals surface area contributed by atoms with Crippen LogP contribution in [0.25, 0.3) is 0 Å². The molecule has 0 aromatic rings. The molecular formula is C16H31N3O. The van der Waals surface area contributed by atoms with Crippen molar-refractivity contribution in [2.75, 3.05) is 53.4 Å². The van der Waals surface area contributed by atoms with Gasteiger partial charge < -0.3 is 14.7 Å². The Hall–Kier alpha value is -0.610. The van der Waals surface area contributed by atoms with Gasteiger partial charge in [-0.3, -0.25) is 4.79 Å². The highest BCUT2D eigenvalue weighted by atomic mass is 16.2. The van der Waals surface area contributed by atoms with Gasteiger partial charge in [-0.2, -0.15) is 0 Å². The zero-order chi connectivity index (χ0) is 14.5. The lowest BCUT2D eigenvalue weighted by atomic mass is 9.97. The standard InChI is InChI=1S/C16H31N3O/c1-14-6-8-19(9-7-14)11-10-17(2)12-15-4-5-16(20)18(3)13-15/h14-15H,4-13H2,1-3H3. The number of nitrogens with zero attached hydrogens (tertiary/aromatic N) is 3. The second-order valence-corrected chi connectivity index (χ2v) is 6.97. The van der Waals surface area contributed by atoms with E-state index in [1.165, 1.54) is 32.5 Å². The van der Waals surface area contributed by atoms with Gasteiger partial charge in [0, 0.05) is 39.6 Å². The molecular weight excluding hydrogens is 250 g/mol. The van der Waals surface area contributed by atoms with Gasteiger partial charge in [0.15, 0.2) is 0 Å². The SMILES string of the molecule is CC1CCN(CCN(C)CC2CCC(=O)N(C)C2)CC1. The van der Waals surface area contributed by atoms with Crippen LogP contribution in [0.2, 0.25) is 0 Å². The van der Waals surface area contributed by atoms with Crippen molar-refractivity contribution in [3.63, 3.8) is 0 Å². The highest BCUT2D eigenvalue weighted by Gasteiger charge is 2.24. The molecule has 0 radical (unpaired) electrons. The maximum atomic E-state index is 11.5. The molecule has 0 bridgehead atoms. The summed E-state index contributed by atoms with van der Waals surface area (Å²) in [6.07, 6.45) is 4.52. The molecule has 0 aromatic carbocycles. The van der Waals surface area contributed by atoms with Crippen molar-refractivity contribution in [1.82, 2.24) is 14.7 Å². The molecule has 0 N–H and O–H groups in total. The van der Waals surface area contributed by atoms with Crippen LogP contribution in [0, 0.1) is 11.8 Å². The molecule has 2 heterocycles. The highest BCUT2D eigenvalue weighted by molar-refractivity contribution is 5.76. The van der Waals surface area contributed by atoms with Crippen LogP contribution in [0.5, 0.6) is 0 Å². The molecule has 0 spiro atoms. The van der Waals surface area contributed by atoms with E-state index in [4.69, 9.17) is 0 Å². The van der Waals surface area contributed by atoms with E-state index in [2.05, 4.69) is 23.8 Å². The summed E-state index contributed by atoms with van der Waals surface area (Å²) in [5.41, 5.74) is 0. The number of carbonyl (C=O) groups excluding carboxylic acids is 1. The first-order valence-corrected chi connectivity index (χ1v) is 8.19. The Labute approximate surface area is 124 Å². The lowest BCUT2D eigenvalue weighted by molar-refractivity contribution is -0.133. The van der Waals surface area contributed by atoms with Crippen LogP contribution in [-0.2, 0) is 4.79 Å². The summed E-state index contributed by atoms with van der Waals surface area (Å²) < 4.78 is 0. The van der Waals surface area contributed by atoms with Gasteiger partial charge in [0.2, 0.25) is 5.91 Å². The summed E-state index contributed by atoms with van der Waals surface area (Å²) in [4.78, 5) is 18.4. The normalized spacial score (nSPS) is 26.5. The number of rotatable bonds is 5. The van der Waals surface area contributed by atoms with E-state index in [9.17, 15) is 4.79 Å². The van der Waals surface area contributed by atoms with Gasteiger partial charge >= 0.3 is 0 Å². The van der Waals surface area contributed by atoms with E-state index in [-0.39, 0.29) is 0 Å². The third kappa shape index (κ3) is 4.74. The maximum absolute atomic E-state index is 11.5. The van der Waals surface area contributed by atoms with Crippen LogP contribution in [0.4, 0.5) is 0 Å². The summed E-state index contributed by atoms with van der Waals surface area (Å²) in [6, 6.07) is 0. The van der Waals surface area contributed by atoms with E-state index in [1.807, 2.05) is 11.9 Å². The average molecular weight is 281 g/mol. The minimum Gasteiger partial charge on any atom is -0.345 e. The molecule has 2 aliphatic heterocycles. The smallest absolute Gasteiger partial charge is 0.222 e. The van der Waals surface area contributed by atoms with E-state index in [1.54, 1.807) is 0 Å². The first-order valence-electron chi connectivity index (χ1n) is 8.19. The van der Waals surface area contributed by atoms with Gasteiger partial charge in [0.05, 0.1) is 0 Å². The third-order valence-corrected chi connectivity index (χ3v) is 4.97. The molecule has 0 aromatic heterocycles. The molecule has 116 valence electrons. The number of hydrogen-bond acceptors (Lipinski definition) is 3. The summed E-state index contributed by atoms with van der Waals surface area (Å²) in [7, 11) is 4.16. The predicted molar refractivity (Wildman–Crippen MR) is 82.7 cm³/mol. The molecule has 0 aliphatic carbocycles. The van der Waals surface area contributed by atoms with Gasteiger partial charge in [-0.15, -0.1) is 0 Å². The van der Waals surface area contributed by atoms with Crippen LogP contribution in [-0.4, -0.2) is 74.0 Å². The fraction of sp³-hybridized carbons (Fsp3) is 0.938. The van der Waals surface area contributed by atoms with Crippen molar-refractivity contribution in [1.29, 1.82) is 0 Å². The number of hydrogen-bond donors (Lipinski definition) is 0. The van der Waals surface area contributed by atoms with Crippen molar-refractivity contribution in [3.8, 4) is 0 Å². The Bertz CT molecular complexity index is 313. The van der Waals surface area contributed by atoms with Gasteiger partial charge in [-0.05, 0) is 51.2 Å². The van der Waals surface area contributed by atoms with Crippen LogP contribution in [0.1, 0.15) is 32.6 Å². The Balaban J connectivity index is 1.63. The molecule has 2 fully saturated rings. The van der Waals surface area contributed by atoms with Crippen LogP contribution in [0.3, 0.4) is 0 Å². The monoisotopic (exact) mass is 281 g/mol. The van der Waals surface area contributed by atoms with E-state index in [0.717, 1.165) is 38.4 Å². The molecule has 2 saturated heterocycles. The average Bonchev–Trinajstić information content (AvgIpc) is 2.42. The number of likely N-dealkylation sites (tertiary alicyclic amines) is 2. The second kappa shape index (κ2) is 7.41. The number of carbonyl (C=O) groups is 1. The molecule has 20 heavy (non-hydrogen) atoms. The highest BCUT2D eigenvalue weighted by Crippen LogP contribution is 2.18. The Kier molecular flexibility index (Phi) is 5.85. The fourth-order valence-electron chi connectivity index (χ4n) is 3.38. The van der Waals surface area contributed by atoms with Crippen molar-refractivity contribution in [2.24, 2.45) is 11.8 Å². The van der Waals surface area contributed by atoms with Gasteiger partial charge in [0.25, 0.3) is 0 Å². The molecule has 0 saturated carbocycles. The minimum atomic E-state index is 0.311. The lowest BCUT2D eigenvalue weighted by Gasteiger charge is -2.34. The molecule has 1 atom stereocenters. The molecule has 1 unspecified atom stereocenters. The van der Waals surface area contributed by atoms with Gasteiger partial charge in [-0.1, -0.05) is 6.92 Å². The third-order valence-electron chi connectivity index (χ3n) is 4.97. The maximum Gasteiger partial charge on any atom is 0.222 e. The quantitative estimate of drug-likeness (QED) is 0.764. The number of likely N-dealkylation sites (N-methyl/N-ethyl adjacent to an activating group) is 1. The molecule has 4 heteroatoms. The molecule has 4 nitrogen and oxygen atoms in total. The predicted octanol–water partition coefficient (Wildman–Crippen LogP) is 1.52. The molecule has 2 aliphatic rings. The first-order chi connectivity index (χ1) is 9.54. The topological polar surface area (TPSA) is 26.8 Å². The Morgan fingerprint density at radius 1 is 1.25 bits per heavy atom. The molecule has 1 amide bonds. The van der Waals surface area contributed by atoms with E-state index < -0.39 is 0 Å². The van der Waals surface area contributed by atoms with Crippen molar-refractivity contribution >= 4 is 5.91 Å².